The highest BCUT2D eigenvalue weighted by atomic mass is 19.1. The molecule has 6 heterocycles. The first kappa shape index (κ1) is 31.0. The van der Waals surface area contributed by atoms with Crippen molar-refractivity contribution in [1.82, 2.24) is 30.6 Å². The van der Waals surface area contributed by atoms with E-state index in [4.69, 9.17) is 9.97 Å². The summed E-state index contributed by atoms with van der Waals surface area (Å²) in [5.41, 5.74) is 6.79. The Kier molecular flexibility index (Phi) is 7.84. The Morgan fingerprint density at radius 3 is 1.65 bits per heavy atom. The number of piperidine rings is 1. The van der Waals surface area contributed by atoms with Gasteiger partial charge in [0.2, 0.25) is 0 Å². The number of halogens is 2. The van der Waals surface area contributed by atoms with Gasteiger partial charge in [-0.05, 0) is 117 Å². The second-order valence-corrected chi connectivity index (χ2v) is 15.2. The van der Waals surface area contributed by atoms with Crippen molar-refractivity contribution < 1.29 is 8.78 Å². The van der Waals surface area contributed by atoms with Crippen molar-refractivity contribution in [3.63, 3.8) is 0 Å². The zero-order valence-corrected chi connectivity index (χ0v) is 28.4. The summed E-state index contributed by atoms with van der Waals surface area (Å²) in [4.78, 5) is 21.1. The van der Waals surface area contributed by atoms with Crippen molar-refractivity contribution in [2.45, 2.75) is 83.0 Å². The van der Waals surface area contributed by atoms with Gasteiger partial charge in [0.15, 0.2) is 11.6 Å². The molecule has 4 N–H and O–H groups in total. The van der Waals surface area contributed by atoms with Crippen molar-refractivity contribution in [1.29, 1.82) is 0 Å². The molecule has 10 heteroatoms. The molecular weight excluding hydrogens is 618 g/mol. The largest absolute Gasteiger partial charge is 0.366 e. The number of H-pyrrole nitrogens is 2. The predicted molar refractivity (Wildman–Crippen MR) is 191 cm³/mol. The lowest BCUT2D eigenvalue weighted by atomic mass is 9.91. The Bertz CT molecular complexity index is 1850. The number of fused-ring (bicyclic) bond motifs is 2. The molecule has 0 amide bonds. The fourth-order valence-corrected chi connectivity index (χ4v) is 9.35. The molecule has 8 nitrogen and oxygen atoms in total. The molecule has 0 aliphatic carbocycles. The summed E-state index contributed by atoms with van der Waals surface area (Å²) in [7, 11) is 0. The van der Waals surface area contributed by atoms with Crippen LogP contribution in [-0.2, 0) is 0 Å². The number of aromatic amines is 2. The summed E-state index contributed by atoms with van der Waals surface area (Å²) in [5.74, 6) is 1.75. The van der Waals surface area contributed by atoms with Gasteiger partial charge < -0.3 is 30.4 Å². The Balaban J connectivity index is 1.10. The third-order valence-electron chi connectivity index (χ3n) is 11.5. The Morgan fingerprint density at radius 2 is 1.18 bits per heavy atom. The van der Waals surface area contributed by atoms with Gasteiger partial charge in [-0.1, -0.05) is 26.0 Å². The Morgan fingerprint density at radius 1 is 0.673 bits per heavy atom. The minimum atomic E-state index is -0.490. The molecule has 4 aliphatic rings. The quantitative estimate of drug-likeness (QED) is 0.147. The molecule has 0 bridgehead atoms. The molecule has 2 aromatic heterocycles. The lowest BCUT2D eigenvalue weighted by molar-refractivity contribution is 0.352. The van der Waals surface area contributed by atoms with Crippen molar-refractivity contribution in [3.8, 4) is 0 Å². The molecule has 3 aromatic carbocycles. The molecule has 4 aliphatic heterocycles. The van der Waals surface area contributed by atoms with Crippen LogP contribution in [-0.4, -0.2) is 46.1 Å². The fourth-order valence-electron chi connectivity index (χ4n) is 9.35. The van der Waals surface area contributed by atoms with E-state index in [1.54, 1.807) is 12.1 Å². The average molecular weight is 665 g/mol. The second-order valence-electron chi connectivity index (χ2n) is 15.2. The van der Waals surface area contributed by atoms with Crippen LogP contribution in [0.3, 0.4) is 0 Å². The number of rotatable bonds is 6. The van der Waals surface area contributed by atoms with E-state index in [0.717, 1.165) is 103 Å². The molecule has 6 atom stereocenters. The van der Waals surface area contributed by atoms with Gasteiger partial charge in [0.1, 0.15) is 17.3 Å². The number of nitrogens with one attached hydrogen (secondary N) is 4. The summed E-state index contributed by atoms with van der Waals surface area (Å²) in [6.07, 6.45) is 7.23. The van der Waals surface area contributed by atoms with E-state index in [0.29, 0.717) is 30.6 Å². The molecule has 2 unspecified atom stereocenters. The van der Waals surface area contributed by atoms with Gasteiger partial charge in [0.25, 0.3) is 0 Å². The van der Waals surface area contributed by atoms with Crippen molar-refractivity contribution in [3.05, 3.63) is 82.9 Å². The van der Waals surface area contributed by atoms with Crippen LogP contribution in [0, 0.1) is 23.5 Å². The van der Waals surface area contributed by atoms with E-state index in [2.05, 4.69) is 75.7 Å². The van der Waals surface area contributed by atoms with Gasteiger partial charge >= 0.3 is 0 Å². The summed E-state index contributed by atoms with van der Waals surface area (Å²) in [6, 6.07) is 16.4. The summed E-state index contributed by atoms with van der Waals surface area (Å²) < 4.78 is 32.5. The van der Waals surface area contributed by atoms with Crippen LogP contribution in [0.15, 0.2) is 48.5 Å². The van der Waals surface area contributed by atoms with Gasteiger partial charge in [-0.3, -0.25) is 0 Å². The van der Waals surface area contributed by atoms with Crippen LogP contribution in [0.2, 0.25) is 0 Å². The van der Waals surface area contributed by atoms with Crippen molar-refractivity contribution in [2.75, 3.05) is 36.0 Å². The van der Waals surface area contributed by atoms with Crippen LogP contribution < -0.4 is 20.4 Å². The maximum atomic E-state index is 16.2. The molecule has 0 radical (unpaired) electrons. The predicted octanol–water partition coefficient (Wildman–Crippen LogP) is 8.13. The van der Waals surface area contributed by atoms with Crippen LogP contribution in [0.1, 0.15) is 106 Å². The van der Waals surface area contributed by atoms with Gasteiger partial charge in [-0.15, -0.1) is 0 Å². The highest BCUT2D eigenvalue weighted by Crippen LogP contribution is 2.49. The summed E-state index contributed by atoms with van der Waals surface area (Å²) >= 11 is 0. The van der Waals surface area contributed by atoms with E-state index < -0.39 is 11.6 Å². The van der Waals surface area contributed by atoms with Gasteiger partial charge in [-0.2, -0.15) is 0 Å². The highest BCUT2D eigenvalue weighted by molar-refractivity contribution is 5.78. The average Bonchev–Trinajstić information content (AvgIpc) is 3.92. The molecule has 0 spiro atoms. The van der Waals surface area contributed by atoms with E-state index in [1.165, 1.54) is 0 Å². The monoisotopic (exact) mass is 664 g/mol. The molecule has 5 aromatic rings. The number of anilines is 2. The van der Waals surface area contributed by atoms with Crippen molar-refractivity contribution >= 4 is 33.4 Å². The van der Waals surface area contributed by atoms with Crippen LogP contribution in [0.5, 0.6) is 0 Å². The number of aromatic nitrogens is 4. The van der Waals surface area contributed by atoms with E-state index >= 15 is 8.78 Å². The van der Waals surface area contributed by atoms with Crippen LogP contribution in [0.4, 0.5) is 20.2 Å². The fraction of sp³-hybridized carbons (Fsp3) is 0.487. The van der Waals surface area contributed by atoms with Gasteiger partial charge in [-0.25, -0.2) is 18.7 Å². The number of benzene rings is 3. The minimum Gasteiger partial charge on any atom is -0.366 e. The second kappa shape index (κ2) is 12.4. The Hall–Kier alpha value is -4.02. The maximum Gasteiger partial charge on any atom is 0.151 e. The van der Waals surface area contributed by atoms with Crippen molar-refractivity contribution in [2.24, 2.45) is 11.8 Å². The maximum absolute atomic E-state index is 16.2. The highest BCUT2D eigenvalue weighted by Gasteiger charge is 2.38. The number of nitrogens with zero attached hydrogens (tertiary/aromatic N) is 4. The molecule has 256 valence electrons. The molecule has 4 saturated heterocycles. The SMILES string of the molecule is CC1CC(C)CN(c2c(F)cc(N3[C@@H](c4ccc5nc([C@@H]6CCCN6)[nH]c5c4)CC[C@@H]3c3ccc4nc([C@@H]5CCCN5)[nH]c4c3)cc2F)C1. The summed E-state index contributed by atoms with van der Waals surface area (Å²) in [6.45, 7) is 7.68. The first-order chi connectivity index (χ1) is 23.9. The topological polar surface area (TPSA) is 87.9 Å². The molecular formula is C39H46F2N8. The van der Waals surface area contributed by atoms with E-state index in [-0.39, 0.29) is 29.9 Å². The van der Waals surface area contributed by atoms with Gasteiger partial charge in [0, 0.05) is 18.8 Å². The van der Waals surface area contributed by atoms with E-state index in [1.807, 2.05) is 4.90 Å². The van der Waals surface area contributed by atoms with Crippen LogP contribution in [0.25, 0.3) is 22.1 Å². The molecule has 0 saturated carbocycles. The zero-order valence-electron chi connectivity index (χ0n) is 28.4. The minimum absolute atomic E-state index is 0.0684. The first-order valence-electron chi connectivity index (χ1n) is 18.4. The Labute approximate surface area is 286 Å². The smallest absolute Gasteiger partial charge is 0.151 e. The standard InChI is InChI=1S/C39H46F2N8/c1-22-15-23(2)21-48(20-22)37-27(40)18-26(19-28(37)41)49-35(24-7-9-29-33(16-24)46-38(44-29)31-5-3-13-42-31)11-12-36(49)25-8-10-30-34(17-25)47-39(45-30)32-6-4-14-43-32/h7-10,16-19,22-23,31-32,35-36,42-43H,3-6,11-15,20-21H2,1-2H3,(H,44,46)(H,45,47)/t22?,23?,31-,32-,35+,36+/m0/s1. The normalized spacial score (nSPS) is 27.7. The first-order valence-corrected chi connectivity index (χ1v) is 18.4. The lowest BCUT2D eigenvalue weighted by Gasteiger charge is -2.38. The third-order valence-corrected chi connectivity index (χ3v) is 11.5. The van der Waals surface area contributed by atoms with Crippen LogP contribution >= 0.6 is 0 Å². The third kappa shape index (κ3) is 5.66. The molecule has 9 rings (SSSR count). The molecule has 4 fully saturated rings. The van der Waals surface area contributed by atoms with Gasteiger partial charge in [0.05, 0.1) is 46.2 Å². The number of hydrogen-bond acceptors (Lipinski definition) is 6. The number of imidazole rings is 2. The lowest BCUT2D eigenvalue weighted by Crippen LogP contribution is -2.39. The van der Waals surface area contributed by atoms with E-state index in [9.17, 15) is 0 Å². The zero-order chi connectivity index (χ0) is 33.2. The molecule has 49 heavy (non-hydrogen) atoms. The summed E-state index contributed by atoms with van der Waals surface area (Å²) in [5, 5.41) is 7.08. The number of hydrogen-bond donors (Lipinski definition) is 4.